The Kier molecular flexibility index (Phi) is 18.8. The van der Waals surface area contributed by atoms with Crippen molar-refractivity contribution in [2.45, 2.75) is 162 Å². The van der Waals surface area contributed by atoms with Crippen molar-refractivity contribution in [2.75, 3.05) is 6.61 Å². The molecule has 1 aliphatic heterocycles. The largest absolute Gasteiger partial charge is 0.447 e. The lowest BCUT2D eigenvalue weighted by Crippen LogP contribution is -2.46. The van der Waals surface area contributed by atoms with Gasteiger partial charge in [-0.2, -0.15) is 0 Å². The summed E-state index contributed by atoms with van der Waals surface area (Å²) in [6.45, 7) is 8.52. The summed E-state index contributed by atoms with van der Waals surface area (Å²) in [6, 6.07) is 9.51. The molecule has 1 fully saturated rings. The quantitative estimate of drug-likeness (QED) is 0.123. The maximum Gasteiger partial charge on any atom is 0.416 e. The summed E-state index contributed by atoms with van der Waals surface area (Å²) in [4.78, 5) is 27.0. The second-order valence-electron chi connectivity index (χ2n) is 13.3. The van der Waals surface area contributed by atoms with Crippen LogP contribution in [0.5, 0.6) is 0 Å². The molecule has 5 atom stereocenters. The molecule has 2 rings (SSSR count). The van der Waals surface area contributed by atoms with Gasteiger partial charge in [-0.25, -0.2) is 9.69 Å². The van der Waals surface area contributed by atoms with Crippen LogP contribution in [0.25, 0.3) is 0 Å². The average Bonchev–Trinajstić information content (AvgIpc) is 3.35. The van der Waals surface area contributed by atoms with Crippen LogP contribution < -0.4 is 0 Å². The normalized spacial score (nSPS) is 18.1. The summed E-state index contributed by atoms with van der Waals surface area (Å²) in [5.74, 6) is -0.479. The van der Waals surface area contributed by atoms with Crippen LogP contribution in [0, 0.1) is 17.8 Å². The Labute approximate surface area is 258 Å². The molecule has 1 aromatic carbocycles. The van der Waals surface area contributed by atoms with Gasteiger partial charge in [0.1, 0.15) is 6.61 Å². The van der Waals surface area contributed by atoms with Gasteiger partial charge >= 0.3 is 6.09 Å². The van der Waals surface area contributed by atoms with E-state index in [1.54, 1.807) is 6.92 Å². The van der Waals surface area contributed by atoms with Crippen molar-refractivity contribution in [3.63, 3.8) is 0 Å². The lowest BCUT2D eigenvalue weighted by atomic mass is 9.84. The van der Waals surface area contributed by atoms with Crippen LogP contribution >= 0.6 is 0 Å². The highest BCUT2D eigenvalue weighted by Crippen LogP contribution is 2.27. The molecule has 0 aliphatic carbocycles. The molecule has 5 nitrogen and oxygen atoms in total. The molecular formula is C37H63NO4. The number of hydrogen-bond donors (Lipinski definition) is 1. The van der Waals surface area contributed by atoms with Gasteiger partial charge in [-0.1, -0.05) is 167 Å². The number of rotatable bonds is 24. The number of hydrogen-bond acceptors (Lipinski definition) is 4. The summed E-state index contributed by atoms with van der Waals surface area (Å²) < 4.78 is 5.23. The summed E-state index contributed by atoms with van der Waals surface area (Å²) in [7, 11) is 0. The molecule has 0 spiro atoms. The van der Waals surface area contributed by atoms with E-state index in [1.807, 2.05) is 37.3 Å². The minimum atomic E-state index is -0.781. The molecule has 1 saturated heterocycles. The van der Waals surface area contributed by atoms with E-state index in [-0.39, 0.29) is 24.5 Å². The van der Waals surface area contributed by atoms with Gasteiger partial charge in [0.2, 0.25) is 5.91 Å². The number of amides is 2. The first-order chi connectivity index (χ1) is 20.3. The number of carbonyl (C=O) groups excluding carboxylic acids is 2. The van der Waals surface area contributed by atoms with E-state index in [2.05, 4.69) is 13.8 Å². The standard InChI is InChI=1S/C37H63NO4/c1-5-6-7-8-9-10-11-12-13-14-15-16-17-18-19-21-24-30(2)27-31(3)35(39)32(4)36(40)38-34(29-42-37(38)41)28-33-25-22-20-23-26-33/h20,22-23,25-26,30-32,34-35,39H,5-19,21,24,27-29H2,1-4H3/t30-,31-,32-,34-,35+/m0/s1. The monoisotopic (exact) mass is 585 g/mol. The Balaban J connectivity index is 1.54. The first-order valence-electron chi connectivity index (χ1n) is 17.6. The number of unbranched alkanes of at least 4 members (excludes halogenated alkanes) is 15. The SMILES string of the molecule is CCCCCCCCCCCCCCCCCC[C@H](C)C[C@H](C)[C@@H](O)[C@H](C)C(=O)N1C(=O)OC[C@@H]1Cc1ccccc1. The van der Waals surface area contributed by atoms with E-state index in [4.69, 9.17) is 4.74 Å². The van der Waals surface area contributed by atoms with Crippen LogP contribution in [0.3, 0.4) is 0 Å². The zero-order valence-corrected chi connectivity index (χ0v) is 27.5. The zero-order valence-electron chi connectivity index (χ0n) is 27.5. The van der Waals surface area contributed by atoms with Crippen LogP contribution in [-0.4, -0.2) is 40.8 Å². The van der Waals surface area contributed by atoms with Gasteiger partial charge in [-0.3, -0.25) is 4.79 Å². The van der Waals surface area contributed by atoms with E-state index < -0.39 is 18.1 Å². The Morgan fingerprint density at radius 3 is 1.86 bits per heavy atom. The molecule has 1 N–H and O–H groups in total. The second kappa shape index (κ2) is 21.8. The van der Waals surface area contributed by atoms with Gasteiger partial charge in [-0.05, 0) is 30.2 Å². The predicted octanol–water partition coefficient (Wildman–Crippen LogP) is 9.89. The molecular weight excluding hydrogens is 522 g/mol. The Morgan fingerprint density at radius 1 is 0.833 bits per heavy atom. The zero-order chi connectivity index (χ0) is 30.6. The van der Waals surface area contributed by atoms with E-state index in [0.717, 1.165) is 18.4 Å². The number of aliphatic hydroxyl groups is 1. The van der Waals surface area contributed by atoms with Crippen LogP contribution in [0.4, 0.5) is 4.79 Å². The number of benzene rings is 1. The average molecular weight is 586 g/mol. The number of ether oxygens (including phenoxy) is 1. The molecule has 0 unspecified atom stereocenters. The number of aliphatic hydroxyl groups excluding tert-OH is 1. The third kappa shape index (κ3) is 14.1. The summed E-state index contributed by atoms with van der Waals surface area (Å²) in [5, 5.41) is 11.0. The molecule has 1 heterocycles. The van der Waals surface area contributed by atoms with Crippen molar-refractivity contribution in [1.29, 1.82) is 0 Å². The smallest absolute Gasteiger partial charge is 0.416 e. The van der Waals surface area contributed by atoms with Crippen molar-refractivity contribution in [3.8, 4) is 0 Å². The molecule has 0 bridgehead atoms. The maximum atomic E-state index is 13.3. The van der Waals surface area contributed by atoms with Gasteiger partial charge in [-0.15, -0.1) is 0 Å². The van der Waals surface area contributed by atoms with Crippen LogP contribution in [0.2, 0.25) is 0 Å². The lowest BCUT2D eigenvalue weighted by molar-refractivity contribution is -0.137. The minimum absolute atomic E-state index is 0.00814. The van der Waals surface area contributed by atoms with Gasteiger partial charge in [0.05, 0.1) is 18.1 Å². The highest BCUT2D eigenvalue weighted by Gasteiger charge is 2.42. The fourth-order valence-corrected chi connectivity index (χ4v) is 6.56. The van der Waals surface area contributed by atoms with E-state index in [1.165, 1.54) is 108 Å². The maximum absolute atomic E-state index is 13.3. The fraction of sp³-hybridized carbons (Fsp3) is 0.784. The Bertz CT molecular complexity index is 843. The van der Waals surface area contributed by atoms with Crippen molar-refractivity contribution in [2.24, 2.45) is 17.8 Å². The molecule has 42 heavy (non-hydrogen) atoms. The van der Waals surface area contributed by atoms with Crippen molar-refractivity contribution < 1.29 is 19.4 Å². The van der Waals surface area contributed by atoms with Crippen molar-refractivity contribution in [3.05, 3.63) is 35.9 Å². The summed E-state index contributed by atoms with van der Waals surface area (Å²) in [5.41, 5.74) is 1.06. The summed E-state index contributed by atoms with van der Waals surface area (Å²) >= 11 is 0. The van der Waals surface area contributed by atoms with Crippen molar-refractivity contribution in [1.82, 2.24) is 4.90 Å². The third-order valence-corrected chi connectivity index (χ3v) is 9.32. The molecule has 0 aromatic heterocycles. The molecule has 2 amide bonds. The van der Waals surface area contributed by atoms with E-state index in [9.17, 15) is 14.7 Å². The summed E-state index contributed by atoms with van der Waals surface area (Å²) in [6.07, 6.45) is 23.3. The topological polar surface area (TPSA) is 66.8 Å². The molecule has 0 radical (unpaired) electrons. The molecule has 1 aliphatic rings. The van der Waals surface area contributed by atoms with Crippen LogP contribution in [0.15, 0.2) is 30.3 Å². The van der Waals surface area contributed by atoms with E-state index in [0.29, 0.717) is 12.3 Å². The lowest BCUT2D eigenvalue weighted by Gasteiger charge is -2.29. The molecule has 240 valence electrons. The van der Waals surface area contributed by atoms with Crippen LogP contribution in [-0.2, 0) is 16.0 Å². The predicted molar refractivity (Wildman–Crippen MR) is 174 cm³/mol. The second-order valence-corrected chi connectivity index (χ2v) is 13.3. The third-order valence-electron chi connectivity index (χ3n) is 9.32. The Hall–Kier alpha value is -1.88. The number of cyclic esters (lactones) is 1. The molecule has 5 heteroatoms. The Morgan fingerprint density at radius 2 is 1.33 bits per heavy atom. The van der Waals surface area contributed by atoms with Crippen LogP contribution in [0.1, 0.15) is 149 Å². The molecule has 1 aromatic rings. The minimum Gasteiger partial charge on any atom is -0.447 e. The number of carbonyl (C=O) groups is 2. The van der Waals surface area contributed by atoms with Crippen molar-refractivity contribution >= 4 is 12.0 Å². The number of nitrogens with zero attached hydrogens (tertiary/aromatic N) is 1. The fourth-order valence-electron chi connectivity index (χ4n) is 6.56. The highest BCUT2D eigenvalue weighted by atomic mass is 16.6. The number of imide groups is 1. The van der Waals surface area contributed by atoms with Gasteiger partial charge in [0.15, 0.2) is 0 Å². The van der Waals surface area contributed by atoms with Gasteiger partial charge in [0, 0.05) is 0 Å². The first kappa shape index (κ1) is 36.3. The highest BCUT2D eigenvalue weighted by molar-refractivity contribution is 5.95. The van der Waals surface area contributed by atoms with Gasteiger partial charge in [0.25, 0.3) is 0 Å². The first-order valence-corrected chi connectivity index (χ1v) is 17.6. The van der Waals surface area contributed by atoms with E-state index >= 15 is 0 Å². The van der Waals surface area contributed by atoms with Gasteiger partial charge < -0.3 is 9.84 Å². The molecule has 0 saturated carbocycles.